The second-order valence-electron chi connectivity index (χ2n) is 9.63. The summed E-state index contributed by atoms with van der Waals surface area (Å²) in [5.74, 6) is -0.640. The van der Waals surface area contributed by atoms with Crippen LogP contribution in [0.15, 0.2) is 48.8 Å². The number of nitrogen functional groups attached to an aromatic ring is 1. The van der Waals surface area contributed by atoms with Gasteiger partial charge in [-0.3, -0.25) is 9.78 Å². The van der Waals surface area contributed by atoms with Gasteiger partial charge in [0.2, 0.25) is 0 Å². The Kier molecular flexibility index (Phi) is 5.14. The number of rotatable bonds is 4. The number of anilines is 1. The topological polar surface area (TPSA) is 72.1 Å². The minimum Gasteiger partial charge on any atom is -0.383 e. The maximum Gasteiger partial charge on any atom is 0.416 e. The van der Waals surface area contributed by atoms with Gasteiger partial charge >= 0.3 is 6.18 Å². The number of benzene rings is 2. The lowest BCUT2D eigenvalue weighted by molar-refractivity contribution is -0.137. The first-order chi connectivity index (χ1) is 17.2. The van der Waals surface area contributed by atoms with E-state index in [-0.39, 0.29) is 11.4 Å². The Morgan fingerprint density at radius 2 is 1.86 bits per heavy atom. The molecule has 1 atom stereocenters. The van der Waals surface area contributed by atoms with Crippen LogP contribution in [0.4, 0.5) is 23.4 Å². The SMILES string of the molecule is Nc1nc2cc(F)c(C(=O)N(CC3CC3)C3CCc4cc(C(F)(F)F)ccc43)cc2c2cnccc12. The van der Waals surface area contributed by atoms with E-state index in [2.05, 4.69) is 9.97 Å². The first-order valence-electron chi connectivity index (χ1n) is 11.8. The summed E-state index contributed by atoms with van der Waals surface area (Å²) >= 11 is 0. The van der Waals surface area contributed by atoms with Crippen molar-refractivity contribution in [3.05, 3.63) is 76.9 Å². The van der Waals surface area contributed by atoms with Crippen LogP contribution in [-0.4, -0.2) is 27.3 Å². The van der Waals surface area contributed by atoms with Gasteiger partial charge in [-0.25, -0.2) is 9.37 Å². The van der Waals surface area contributed by atoms with E-state index in [0.29, 0.717) is 58.1 Å². The summed E-state index contributed by atoms with van der Waals surface area (Å²) in [7, 11) is 0. The third-order valence-electron chi connectivity index (χ3n) is 7.25. The van der Waals surface area contributed by atoms with Gasteiger partial charge in [0, 0.05) is 41.2 Å². The van der Waals surface area contributed by atoms with Crippen molar-refractivity contribution in [2.75, 3.05) is 12.3 Å². The van der Waals surface area contributed by atoms with E-state index in [9.17, 15) is 18.0 Å². The first-order valence-corrected chi connectivity index (χ1v) is 11.8. The van der Waals surface area contributed by atoms with Crippen molar-refractivity contribution < 1.29 is 22.4 Å². The molecule has 0 bridgehead atoms. The summed E-state index contributed by atoms with van der Waals surface area (Å²) in [4.78, 5) is 23.9. The van der Waals surface area contributed by atoms with Gasteiger partial charge in [-0.15, -0.1) is 0 Å². The van der Waals surface area contributed by atoms with Gasteiger partial charge in [0.25, 0.3) is 5.91 Å². The third-order valence-corrected chi connectivity index (χ3v) is 7.25. The molecule has 1 saturated carbocycles. The number of hydrogen-bond donors (Lipinski definition) is 1. The van der Waals surface area contributed by atoms with Crippen LogP contribution in [-0.2, 0) is 12.6 Å². The van der Waals surface area contributed by atoms with Crippen LogP contribution in [0.25, 0.3) is 21.7 Å². The number of pyridine rings is 2. The lowest BCUT2D eigenvalue weighted by Gasteiger charge is -2.30. The Balaban J connectivity index is 1.43. The summed E-state index contributed by atoms with van der Waals surface area (Å²) in [6.07, 6.45) is 1.62. The van der Waals surface area contributed by atoms with Crippen LogP contribution in [0.5, 0.6) is 0 Å². The number of nitrogens with two attached hydrogens (primary N) is 1. The highest BCUT2D eigenvalue weighted by Crippen LogP contribution is 2.42. The molecule has 1 fully saturated rings. The predicted molar refractivity (Wildman–Crippen MR) is 128 cm³/mol. The van der Waals surface area contributed by atoms with E-state index in [1.807, 2.05) is 0 Å². The van der Waals surface area contributed by atoms with Gasteiger partial charge in [-0.1, -0.05) is 6.07 Å². The normalized spacial score (nSPS) is 17.5. The van der Waals surface area contributed by atoms with Crippen molar-refractivity contribution >= 4 is 33.4 Å². The number of hydrogen-bond acceptors (Lipinski definition) is 4. The van der Waals surface area contributed by atoms with Crippen molar-refractivity contribution in [2.24, 2.45) is 5.92 Å². The van der Waals surface area contributed by atoms with E-state index in [1.165, 1.54) is 24.3 Å². The minimum atomic E-state index is -4.43. The highest BCUT2D eigenvalue weighted by atomic mass is 19.4. The van der Waals surface area contributed by atoms with Crippen LogP contribution in [0.3, 0.4) is 0 Å². The van der Waals surface area contributed by atoms with E-state index in [0.717, 1.165) is 18.9 Å². The standard InChI is InChI=1S/C27H22F4N4O/c28-22-11-23-19(21-12-33-8-7-18(21)25(32)34-23)10-20(22)26(36)35(13-14-1-2-14)24-6-3-15-9-16(27(29,30)31)4-5-17(15)24/h4-5,7-12,14,24H,1-3,6,13H2,(H2,32,34). The van der Waals surface area contributed by atoms with Crippen LogP contribution < -0.4 is 5.73 Å². The zero-order valence-corrected chi connectivity index (χ0v) is 19.1. The second-order valence-corrected chi connectivity index (χ2v) is 9.63. The zero-order chi connectivity index (χ0) is 25.2. The molecule has 2 aliphatic carbocycles. The number of aryl methyl sites for hydroxylation is 1. The summed E-state index contributed by atoms with van der Waals surface area (Å²) < 4.78 is 55.0. The molecule has 36 heavy (non-hydrogen) atoms. The summed E-state index contributed by atoms with van der Waals surface area (Å²) in [6.45, 7) is 0.434. The minimum absolute atomic E-state index is 0.0970. The molecule has 184 valence electrons. The first kappa shape index (κ1) is 22.7. The molecule has 2 aromatic carbocycles. The zero-order valence-electron chi connectivity index (χ0n) is 19.1. The molecular weight excluding hydrogens is 472 g/mol. The molecule has 0 spiro atoms. The fourth-order valence-electron chi connectivity index (χ4n) is 5.24. The number of carbonyl (C=O) groups is 1. The number of alkyl halides is 3. The van der Waals surface area contributed by atoms with Gasteiger partial charge in [0.15, 0.2) is 0 Å². The lowest BCUT2D eigenvalue weighted by Crippen LogP contribution is -2.36. The predicted octanol–water partition coefficient (Wildman–Crippen LogP) is 6.06. The average Bonchev–Trinajstić information content (AvgIpc) is 3.58. The molecule has 9 heteroatoms. The van der Waals surface area contributed by atoms with Crippen molar-refractivity contribution in [3.63, 3.8) is 0 Å². The molecule has 0 saturated heterocycles. The maximum atomic E-state index is 15.3. The summed E-state index contributed by atoms with van der Waals surface area (Å²) in [6, 6.07) is 7.69. The number of nitrogens with zero attached hydrogens (tertiary/aromatic N) is 3. The van der Waals surface area contributed by atoms with E-state index in [4.69, 9.17) is 5.73 Å². The van der Waals surface area contributed by atoms with E-state index in [1.54, 1.807) is 23.4 Å². The highest BCUT2D eigenvalue weighted by Gasteiger charge is 2.38. The largest absolute Gasteiger partial charge is 0.416 e. The molecule has 2 aliphatic rings. The average molecular weight is 494 g/mol. The molecular formula is C27H22F4N4O. The van der Waals surface area contributed by atoms with Gasteiger partial charge in [-0.05, 0) is 67.0 Å². The molecule has 5 nitrogen and oxygen atoms in total. The van der Waals surface area contributed by atoms with Crippen LogP contribution >= 0.6 is 0 Å². The maximum absolute atomic E-state index is 15.3. The summed E-state index contributed by atoms with van der Waals surface area (Å²) in [5.41, 5.74) is 6.84. The monoisotopic (exact) mass is 494 g/mol. The van der Waals surface area contributed by atoms with Crippen molar-refractivity contribution in [1.82, 2.24) is 14.9 Å². The Morgan fingerprint density at radius 3 is 2.61 bits per heavy atom. The van der Waals surface area contributed by atoms with Gasteiger partial charge in [-0.2, -0.15) is 13.2 Å². The fraction of sp³-hybridized carbons (Fsp3) is 0.296. The third kappa shape index (κ3) is 3.83. The van der Waals surface area contributed by atoms with Gasteiger partial charge < -0.3 is 10.6 Å². The Labute approximate surface area is 203 Å². The molecule has 0 aliphatic heterocycles. The van der Waals surface area contributed by atoms with Crippen molar-refractivity contribution in [3.8, 4) is 0 Å². The Morgan fingerprint density at radius 1 is 1.06 bits per heavy atom. The molecule has 0 radical (unpaired) electrons. The number of halogens is 4. The highest BCUT2D eigenvalue weighted by molar-refractivity contribution is 6.11. The molecule has 1 amide bonds. The van der Waals surface area contributed by atoms with Crippen LogP contribution in [0.1, 0.15) is 52.4 Å². The number of fused-ring (bicyclic) bond motifs is 4. The van der Waals surface area contributed by atoms with E-state index >= 15 is 4.39 Å². The molecule has 2 heterocycles. The lowest BCUT2D eigenvalue weighted by atomic mass is 10.0. The van der Waals surface area contributed by atoms with E-state index < -0.39 is 29.5 Å². The number of amides is 1. The smallest absolute Gasteiger partial charge is 0.383 e. The molecule has 2 aromatic heterocycles. The second kappa shape index (κ2) is 8.15. The quantitative estimate of drug-likeness (QED) is 0.276. The van der Waals surface area contributed by atoms with Crippen molar-refractivity contribution in [2.45, 2.75) is 37.9 Å². The van der Waals surface area contributed by atoms with Crippen molar-refractivity contribution in [1.29, 1.82) is 0 Å². The number of carbonyl (C=O) groups excluding carboxylic acids is 1. The molecule has 1 unspecified atom stereocenters. The summed E-state index contributed by atoms with van der Waals surface area (Å²) in [5, 5.41) is 1.88. The molecule has 4 aromatic rings. The Hall–Kier alpha value is -3.75. The molecule has 2 N–H and O–H groups in total. The fourth-order valence-corrected chi connectivity index (χ4v) is 5.24. The van der Waals surface area contributed by atoms with Gasteiger partial charge in [0.1, 0.15) is 11.6 Å². The molecule has 6 rings (SSSR count). The Bertz CT molecular complexity index is 1530. The van der Waals surface area contributed by atoms with Gasteiger partial charge in [0.05, 0.1) is 22.7 Å². The van der Waals surface area contributed by atoms with Crippen LogP contribution in [0.2, 0.25) is 0 Å². The van der Waals surface area contributed by atoms with Crippen LogP contribution in [0, 0.1) is 11.7 Å². The number of aromatic nitrogens is 2.